The Hall–Kier alpha value is -1.54. The molecule has 1 aromatic heterocycles. The van der Waals surface area contributed by atoms with E-state index in [1.807, 2.05) is 37.3 Å². The molecule has 1 heterocycles. The first-order valence-electron chi connectivity index (χ1n) is 4.60. The van der Waals surface area contributed by atoms with Crippen LogP contribution in [0, 0.1) is 0 Å². The van der Waals surface area contributed by atoms with Gasteiger partial charge < -0.3 is 9.52 Å². The van der Waals surface area contributed by atoms with Gasteiger partial charge >= 0.3 is 0 Å². The number of rotatable bonds is 2. The van der Waals surface area contributed by atoms with Gasteiger partial charge in [0.15, 0.2) is 0 Å². The van der Waals surface area contributed by atoms with Crippen LogP contribution in [0.4, 0.5) is 0 Å². The zero-order valence-electron chi connectivity index (χ0n) is 7.97. The summed E-state index contributed by atoms with van der Waals surface area (Å²) in [5.74, 6) is 0.587. The van der Waals surface area contributed by atoms with Gasteiger partial charge in [0.05, 0.1) is 0 Å². The molecule has 0 saturated heterocycles. The lowest BCUT2D eigenvalue weighted by Crippen LogP contribution is -1.88. The number of hydrogen-bond acceptors (Lipinski definition) is 2. The van der Waals surface area contributed by atoms with E-state index in [1.54, 1.807) is 12.2 Å². The molecule has 0 aliphatic carbocycles. The lowest BCUT2D eigenvalue weighted by Gasteiger charge is -1.98. The van der Waals surface area contributed by atoms with Crippen LogP contribution in [0.1, 0.15) is 18.8 Å². The van der Waals surface area contributed by atoms with Gasteiger partial charge in [-0.2, -0.15) is 0 Å². The van der Waals surface area contributed by atoms with E-state index in [9.17, 15) is 5.11 Å². The van der Waals surface area contributed by atoms with Gasteiger partial charge in [-0.1, -0.05) is 30.4 Å². The Bertz CT molecular complexity index is 421. The Morgan fingerprint density at radius 2 is 2.14 bits per heavy atom. The Balaban J connectivity index is 2.44. The first kappa shape index (κ1) is 9.03. The van der Waals surface area contributed by atoms with E-state index >= 15 is 0 Å². The number of allylic oxidation sites excluding steroid dienone is 1. The van der Waals surface area contributed by atoms with Crippen molar-refractivity contribution in [3.63, 3.8) is 0 Å². The largest absolute Gasteiger partial charge is 0.458 e. The number of aliphatic hydroxyl groups excluding tert-OH is 1. The molecule has 2 heteroatoms. The van der Waals surface area contributed by atoms with Crippen LogP contribution in [0.25, 0.3) is 11.0 Å². The van der Waals surface area contributed by atoms with Crippen LogP contribution >= 0.6 is 0 Å². The lowest BCUT2D eigenvalue weighted by molar-refractivity contribution is 0.200. The monoisotopic (exact) mass is 188 g/mol. The summed E-state index contributed by atoms with van der Waals surface area (Å²) in [5, 5.41) is 10.7. The molecular weight excluding hydrogens is 176 g/mol. The van der Waals surface area contributed by atoms with Crippen LogP contribution in [-0.4, -0.2) is 5.11 Å². The molecule has 0 aliphatic rings. The minimum Gasteiger partial charge on any atom is -0.458 e. The molecule has 72 valence electrons. The highest BCUT2D eigenvalue weighted by Crippen LogP contribution is 2.24. The number of para-hydroxylation sites is 1. The molecule has 0 radical (unpaired) electrons. The molecule has 0 aliphatic heterocycles. The van der Waals surface area contributed by atoms with Crippen molar-refractivity contribution in [3.8, 4) is 0 Å². The second kappa shape index (κ2) is 3.68. The summed E-state index contributed by atoms with van der Waals surface area (Å²) >= 11 is 0. The van der Waals surface area contributed by atoms with Crippen molar-refractivity contribution in [1.29, 1.82) is 0 Å². The lowest BCUT2D eigenvalue weighted by atomic mass is 10.2. The average molecular weight is 188 g/mol. The molecule has 1 unspecified atom stereocenters. The van der Waals surface area contributed by atoms with Crippen LogP contribution in [0.15, 0.2) is 46.9 Å². The molecule has 0 saturated carbocycles. The van der Waals surface area contributed by atoms with Gasteiger partial charge in [0.1, 0.15) is 17.4 Å². The van der Waals surface area contributed by atoms with Crippen molar-refractivity contribution >= 4 is 11.0 Å². The van der Waals surface area contributed by atoms with Crippen LogP contribution < -0.4 is 0 Å². The molecule has 2 rings (SSSR count). The van der Waals surface area contributed by atoms with E-state index in [-0.39, 0.29) is 0 Å². The van der Waals surface area contributed by atoms with Crippen molar-refractivity contribution in [1.82, 2.24) is 0 Å². The third-order valence-electron chi connectivity index (χ3n) is 2.11. The van der Waals surface area contributed by atoms with Gasteiger partial charge in [-0.05, 0) is 19.1 Å². The standard InChI is InChI=1S/C12H12O2/c1-2-5-10(13)12-8-9-6-3-4-7-11(9)14-12/h2-8,10,13H,1H3/b5-2+. The Labute approximate surface area is 82.5 Å². The fourth-order valence-electron chi connectivity index (χ4n) is 1.43. The molecule has 14 heavy (non-hydrogen) atoms. The van der Waals surface area contributed by atoms with Crippen LogP contribution in [0.2, 0.25) is 0 Å². The maximum atomic E-state index is 9.64. The summed E-state index contributed by atoms with van der Waals surface area (Å²) in [4.78, 5) is 0. The normalized spacial score (nSPS) is 13.9. The number of benzene rings is 1. The molecule has 0 amide bonds. The Morgan fingerprint density at radius 3 is 2.86 bits per heavy atom. The average Bonchev–Trinajstić information content (AvgIpc) is 2.61. The van der Waals surface area contributed by atoms with E-state index in [0.717, 1.165) is 11.0 Å². The molecule has 0 bridgehead atoms. The molecule has 1 aromatic carbocycles. The van der Waals surface area contributed by atoms with Crippen LogP contribution in [0.5, 0.6) is 0 Å². The van der Waals surface area contributed by atoms with Gasteiger partial charge in [-0.15, -0.1) is 0 Å². The van der Waals surface area contributed by atoms with Crippen molar-refractivity contribution < 1.29 is 9.52 Å². The maximum Gasteiger partial charge on any atom is 0.137 e. The van der Waals surface area contributed by atoms with Gasteiger partial charge in [-0.25, -0.2) is 0 Å². The summed E-state index contributed by atoms with van der Waals surface area (Å²) in [6, 6.07) is 9.58. The Morgan fingerprint density at radius 1 is 1.36 bits per heavy atom. The van der Waals surface area contributed by atoms with E-state index in [1.165, 1.54) is 0 Å². The first-order valence-corrected chi connectivity index (χ1v) is 4.60. The van der Waals surface area contributed by atoms with Crippen molar-refractivity contribution in [3.05, 3.63) is 48.2 Å². The van der Waals surface area contributed by atoms with E-state index in [0.29, 0.717) is 5.76 Å². The molecular formula is C12H12O2. The molecule has 0 spiro atoms. The second-order valence-electron chi connectivity index (χ2n) is 3.16. The van der Waals surface area contributed by atoms with Crippen molar-refractivity contribution in [2.45, 2.75) is 13.0 Å². The molecule has 2 nitrogen and oxygen atoms in total. The highest BCUT2D eigenvalue weighted by molar-refractivity contribution is 5.77. The van der Waals surface area contributed by atoms with E-state index in [2.05, 4.69) is 0 Å². The van der Waals surface area contributed by atoms with Gasteiger partial charge in [0, 0.05) is 5.39 Å². The van der Waals surface area contributed by atoms with Gasteiger partial charge in [0.25, 0.3) is 0 Å². The van der Waals surface area contributed by atoms with Crippen molar-refractivity contribution in [2.24, 2.45) is 0 Å². The minimum atomic E-state index is -0.646. The van der Waals surface area contributed by atoms with Crippen molar-refractivity contribution in [2.75, 3.05) is 0 Å². The topological polar surface area (TPSA) is 33.4 Å². The van der Waals surface area contributed by atoms with Gasteiger partial charge in [-0.3, -0.25) is 0 Å². The second-order valence-corrected chi connectivity index (χ2v) is 3.16. The summed E-state index contributed by atoms with van der Waals surface area (Å²) in [6.07, 6.45) is 2.85. The summed E-state index contributed by atoms with van der Waals surface area (Å²) in [5.41, 5.74) is 0.811. The molecule has 1 N–H and O–H groups in total. The predicted octanol–water partition coefficient (Wildman–Crippen LogP) is 3.04. The zero-order valence-corrected chi connectivity index (χ0v) is 7.97. The number of aliphatic hydroxyl groups is 1. The highest BCUT2D eigenvalue weighted by atomic mass is 16.4. The minimum absolute atomic E-state index is 0.587. The zero-order chi connectivity index (χ0) is 9.97. The summed E-state index contributed by atoms with van der Waals surface area (Å²) < 4.78 is 5.48. The van der Waals surface area contributed by atoms with Gasteiger partial charge in [0.2, 0.25) is 0 Å². The quantitative estimate of drug-likeness (QED) is 0.735. The maximum absolute atomic E-state index is 9.64. The predicted molar refractivity (Wildman–Crippen MR) is 56.0 cm³/mol. The van der Waals surface area contributed by atoms with E-state index in [4.69, 9.17) is 4.42 Å². The molecule has 1 atom stereocenters. The summed E-state index contributed by atoms with van der Waals surface area (Å²) in [7, 11) is 0. The van der Waals surface area contributed by atoms with Crippen LogP contribution in [-0.2, 0) is 0 Å². The smallest absolute Gasteiger partial charge is 0.137 e. The first-order chi connectivity index (χ1) is 6.81. The number of furan rings is 1. The SMILES string of the molecule is C/C=C/C(O)c1cc2ccccc2o1. The fourth-order valence-corrected chi connectivity index (χ4v) is 1.43. The third-order valence-corrected chi connectivity index (χ3v) is 2.11. The van der Waals surface area contributed by atoms with Crippen LogP contribution in [0.3, 0.4) is 0 Å². The molecule has 0 fully saturated rings. The number of fused-ring (bicyclic) bond motifs is 1. The molecule has 2 aromatic rings. The fraction of sp³-hybridized carbons (Fsp3) is 0.167. The number of hydrogen-bond donors (Lipinski definition) is 1. The van der Waals surface area contributed by atoms with E-state index < -0.39 is 6.10 Å². The highest BCUT2D eigenvalue weighted by Gasteiger charge is 2.09. The summed E-state index contributed by atoms with van der Waals surface area (Å²) in [6.45, 7) is 1.87. The third kappa shape index (κ3) is 1.56. The Kier molecular flexibility index (Phi) is 2.37.